The SMILES string of the molecule is Cc1cc(C)c(CNC(C)c2ccc(S(=O)(=O)N(C)C)cc2)c(C)c1. The second kappa shape index (κ2) is 7.68. The van der Waals surface area contributed by atoms with Crippen molar-refractivity contribution in [3.63, 3.8) is 0 Å². The molecule has 1 unspecified atom stereocenters. The van der Waals surface area contributed by atoms with Gasteiger partial charge in [-0.15, -0.1) is 0 Å². The topological polar surface area (TPSA) is 49.4 Å². The first-order valence-electron chi connectivity index (χ1n) is 8.45. The average molecular weight is 361 g/mol. The van der Waals surface area contributed by atoms with E-state index in [2.05, 4.69) is 45.1 Å². The van der Waals surface area contributed by atoms with E-state index in [-0.39, 0.29) is 6.04 Å². The van der Waals surface area contributed by atoms with Gasteiger partial charge in [0.15, 0.2) is 0 Å². The first-order chi connectivity index (χ1) is 11.6. The van der Waals surface area contributed by atoms with Crippen molar-refractivity contribution in [2.75, 3.05) is 14.1 Å². The summed E-state index contributed by atoms with van der Waals surface area (Å²) in [7, 11) is -0.294. The fourth-order valence-corrected chi connectivity index (χ4v) is 3.90. The molecule has 2 aromatic rings. The number of sulfonamides is 1. The van der Waals surface area contributed by atoms with Gasteiger partial charge < -0.3 is 5.32 Å². The van der Waals surface area contributed by atoms with Crippen LogP contribution in [0.2, 0.25) is 0 Å². The molecule has 0 heterocycles. The lowest BCUT2D eigenvalue weighted by Crippen LogP contribution is -2.22. The smallest absolute Gasteiger partial charge is 0.242 e. The van der Waals surface area contributed by atoms with E-state index in [9.17, 15) is 8.42 Å². The van der Waals surface area contributed by atoms with E-state index in [4.69, 9.17) is 0 Å². The summed E-state index contributed by atoms with van der Waals surface area (Å²) < 4.78 is 25.5. The van der Waals surface area contributed by atoms with Gasteiger partial charge in [-0.1, -0.05) is 29.8 Å². The van der Waals surface area contributed by atoms with Gasteiger partial charge in [0.1, 0.15) is 0 Å². The van der Waals surface area contributed by atoms with Crippen molar-refractivity contribution in [1.29, 1.82) is 0 Å². The van der Waals surface area contributed by atoms with Gasteiger partial charge >= 0.3 is 0 Å². The molecule has 0 aliphatic carbocycles. The van der Waals surface area contributed by atoms with Crippen LogP contribution in [0.25, 0.3) is 0 Å². The molecule has 0 saturated heterocycles. The first-order valence-corrected chi connectivity index (χ1v) is 9.89. The molecule has 0 saturated carbocycles. The van der Waals surface area contributed by atoms with E-state index in [1.165, 1.54) is 26.6 Å². The molecule has 0 aliphatic heterocycles. The van der Waals surface area contributed by atoms with E-state index in [1.54, 1.807) is 26.2 Å². The lowest BCUT2D eigenvalue weighted by atomic mass is 9.99. The van der Waals surface area contributed by atoms with Gasteiger partial charge in [0.2, 0.25) is 10.0 Å². The van der Waals surface area contributed by atoms with Gasteiger partial charge in [0.05, 0.1) is 4.90 Å². The first kappa shape index (κ1) is 19.6. The van der Waals surface area contributed by atoms with Crippen LogP contribution in [-0.2, 0) is 16.6 Å². The number of benzene rings is 2. The van der Waals surface area contributed by atoms with Crippen molar-refractivity contribution >= 4 is 10.0 Å². The van der Waals surface area contributed by atoms with Crippen molar-refractivity contribution in [3.05, 3.63) is 64.2 Å². The summed E-state index contributed by atoms with van der Waals surface area (Å²) in [5.41, 5.74) is 6.27. The fourth-order valence-electron chi connectivity index (χ4n) is 3.00. The highest BCUT2D eigenvalue weighted by Gasteiger charge is 2.17. The van der Waals surface area contributed by atoms with Crippen LogP contribution in [0, 0.1) is 20.8 Å². The quantitative estimate of drug-likeness (QED) is 0.854. The van der Waals surface area contributed by atoms with Crippen molar-refractivity contribution in [3.8, 4) is 0 Å². The number of nitrogens with zero attached hydrogens (tertiary/aromatic N) is 1. The van der Waals surface area contributed by atoms with Gasteiger partial charge in [0.25, 0.3) is 0 Å². The van der Waals surface area contributed by atoms with E-state index < -0.39 is 10.0 Å². The van der Waals surface area contributed by atoms with Crippen LogP contribution in [0.15, 0.2) is 41.3 Å². The van der Waals surface area contributed by atoms with Crippen LogP contribution >= 0.6 is 0 Å². The molecule has 0 bridgehead atoms. The average Bonchev–Trinajstić information content (AvgIpc) is 2.53. The Bertz CT molecular complexity index is 817. The van der Waals surface area contributed by atoms with Crippen LogP contribution in [0.4, 0.5) is 0 Å². The molecule has 0 radical (unpaired) electrons. The van der Waals surface area contributed by atoms with Crippen molar-refractivity contribution in [2.24, 2.45) is 0 Å². The predicted molar refractivity (Wildman–Crippen MR) is 103 cm³/mol. The molecule has 0 aromatic heterocycles. The zero-order valence-electron chi connectivity index (χ0n) is 15.9. The minimum atomic E-state index is -3.38. The van der Waals surface area contributed by atoms with Gasteiger partial charge in [-0.2, -0.15) is 0 Å². The van der Waals surface area contributed by atoms with E-state index >= 15 is 0 Å². The highest BCUT2D eigenvalue weighted by Crippen LogP contribution is 2.20. The Balaban J connectivity index is 2.11. The highest BCUT2D eigenvalue weighted by molar-refractivity contribution is 7.89. The summed E-state index contributed by atoms with van der Waals surface area (Å²) in [6.45, 7) is 9.28. The fraction of sp³-hybridized carbons (Fsp3) is 0.400. The standard InChI is InChI=1S/C20H28N2O2S/c1-14-11-15(2)20(16(3)12-14)13-21-17(4)18-7-9-19(10-8-18)25(23,24)22(5)6/h7-12,17,21H,13H2,1-6H3. The molecule has 5 heteroatoms. The second-order valence-corrected chi connectivity index (χ2v) is 8.99. The molecule has 1 atom stereocenters. The highest BCUT2D eigenvalue weighted by atomic mass is 32.2. The minimum absolute atomic E-state index is 0.135. The Morgan fingerprint density at radius 1 is 1.00 bits per heavy atom. The Hall–Kier alpha value is -1.69. The molecule has 136 valence electrons. The lowest BCUT2D eigenvalue weighted by molar-refractivity contribution is 0.520. The number of nitrogens with one attached hydrogen (secondary N) is 1. The van der Waals surface area contributed by atoms with Crippen molar-refractivity contribution < 1.29 is 8.42 Å². The third-order valence-electron chi connectivity index (χ3n) is 4.58. The van der Waals surface area contributed by atoms with Gasteiger partial charge in [-0.05, 0) is 62.1 Å². The maximum atomic E-state index is 12.1. The van der Waals surface area contributed by atoms with Crippen molar-refractivity contribution in [2.45, 2.75) is 45.2 Å². The molecule has 0 spiro atoms. The van der Waals surface area contributed by atoms with Crippen molar-refractivity contribution in [1.82, 2.24) is 9.62 Å². The normalized spacial score (nSPS) is 13.2. The molecule has 2 rings (SSSR count). The molecule has 0 aliphatic rings. The molecular formula is C20H28N2O2S. The van der Waals surface area contributed by atoms with Crippen LogP contribution in [0.3, 0.4) is 0 Å². The van der Waals surface area contributed by atoms with Crippen LogP contribution in [0.1, 0.15) is 40.8 Å². The van der Waals surface area contributed by atoms with E-state index in [0.717, 1.165) is 12.1 Å². The van der Waals surface area contributed by atoms with E-state index in [0.29, 0.717) is 4.90 Å². The largest absolute Gasteiger partial charge is 0.306 e. The Morgan fingerprint density at radius 3 is 2.00 bits per heavy atom. The lowest BCUT2D eigenvalue weighted by Gasteiger charge is -2.18. The Kier molecular flexibility index (Phi) is 6.03. The van der Waals surface area contributed by atoms with Crippen LogP contribution in [0.5, 0.6) is 0 Å². The molecule has 2 aromatic carbocycles. The summed E-state index contributed by atoms with van der Waals surface area (Å²) >= 11 is 0. The third-order valence-corrected chi connectivity index (χ3v) is 6.41. The number of hydrogen-bond donors (Lipinski definition) is 1. The molecule has 0 amide bonds. The minimum Gasteiger partial charge on any atom is -0.306 e. The maximum Gasteiger partial charge on any atom is 0.242 e. The Labute approximate surface area is 151 Å². The molecule has 1 N–H and O–H groups in total. The van der Waals surface area contributed by atoms with Crippen LogP contribution < -0.4 is 5.32 Å². The number of hydrogen-bond acceptors (Lipinski definition) is 3. The van der Waals surface area contributed by atoms with Crippen LogP contribution in [-0.4, -0.2) is 26.8 Å². The third kappa shape index (κ3) is 4.48. The Morgan fingerprint density at radius 2 is 1.52 bits per heavy atom. The monoisotopic (exact) mass is 360 g/mol. The van der Waals surface area contributed by atoms with Gasteiger partial charge in [-0.3, -0.25) is 0 Å². The second-order valence-electron chi connectivity index (χ2n) is 6.84. The summed E-state index contributed by atoms with van der Waals surface area (Å²) in [6.07, 6.45) is 0. The van der Waals surface area contributed by atoms with Gasteiger partial charge in [0, 0.05) is 26.7 Å². The molecule has 4 nitrogen and oxygen atoms in total. The summed E-state index contributed by atoms with van der Waals surface area (Å²) in [5, 5.41) is 3.54. The summed E-state index contributed by atoms with van der Waals surface area (Å²) in [4.78, 5) is 0.318. The summed E-state index contributed by atoms with van der Waals surface area (Å²) in [5.74, 6) is 0. The molecule has 0 fully saturated rings. The zero-order chi connectivity index (χ0) is 18.8. The predicted octanol–water partition coefficient (Wildman–Crippen LogP) is 3.71. The van der Waals surface area contributed by atoms with Gasteiger partial charge in [-0.25, -0.2) is 12.7 Å². The van der Waals surface area contributed by atoms with E-state index in [1.807, 2.05) is 12.1 Å². The number of rotatable bonds is 6. The molecule has 25 heavy (non-hydrogen) atoms. The number of aryl methyl sites for hydroxylation is 3. The molecular weight excluding hydrogens is 332 g/mol. The maximum absolute atomic E-state index is 12.1. The summed E-state index contributed by atoms with van der Waals surface area (Å²) in [6, 6.07) is 11.6. The zero-order valence-corrected chi connectivity index (χ0v) is 16.7.